The molecule has 0 aliphatic carbocycles. The van der Waals surface area contributed by atoms with Gasteiger partial charge < -0.3 is 5.11 Å². The summed E-state index contributed by atoms with van der Waals surface area (Å²) < 4.78 is 15.1. The monoisotopic (exact) mass is 277 g/mol. The lowest BCUT2D eigenvalue weighted by molar-refractivity contribution is 0.0694. The van der Waals surface area contributed by atoms with E-state index in [0.717, 1.165) is 0 Å². The predicted molar refractivity (Wildman–Crippen MR) is 71.7 cm³/mol. The van der Waals surface area contributed by atoms with Crippen LogP contribution in [0, 0.1) is 5.82 Å². The maximum atomic E-state index is 13.6. The van der Waals surface area contributed by atoms with Gasteiger partial charge in [-0.25, -0.2) is 9.18 Å². The topological polar surface area (TPSA) is 58.4 Å². The summed E-state index contributed by atoms with van der Waals surface area (Å²) in [6, 6.07) is 6.55. The van der Waals surface area contributed by atoms with Gasteiger partial charge in [0.15, 0.2) is 0 Å². The van der Waals surface area contributed by atoms with E-state index in [1.54, 1.807) is 25.2 Å². The fourth-order valence-electron chi connectivity index (χ4n) is 2.06. The summed E-state index contributed by atoms with van der Waals surface area (Å²) in [4.78, 5) is 12.9. The molecule has 1 heterocycles. The first-order valence-corrected chi connectivity index (χ1v) is 6.15. The van der Waals surface area contributed by atoms with E-state index in [-0.39, 0.29) is 11.4 Å². The van der Waals surface area contributed by atoms with Crippen LogP contribution in [0.1, 0.15) is 21.6 Å². The second-order valence-electron chi connectivity index (χ2n) is 4.70. The molecule has 0 saturated heterocycles. The molecule has 0 aliphatic rings. The SMILES string of the molecule is CN(Cc1ccccc1F)Cc1c(C(=O)O)cnn1C. The van der Waals surface area contributed by atoms with E-state index in [1.807, 2.05) is 11.9 Å². The highest BCUT2D eigenvalue weighted by Crippen LogP contribution is 2.14. The van der Waals surface area contributed by atoms with Crippen molar-refractivity contribution in [3.8, 4) is 0 Å². The molecule has 1 aromatic heterocycles. The summed E-state index contributed by atoms with van der Waals surface area (Å²) in [5.41, 5.74) is 1.35. The predicted octanol–water partition coefficient (Wildman–Crippen LogP) is 1.89. The van der Waals surface area contributed by atoms with Crippen molar-refractivity contribution in [2.24, 2.45) is 7.05 Å². The average molecular weight is 277 g/mol. The van der Waals surface area contributed by atoms with Gasteiger partial charge in [0.2, 0.25) is 0 Å². The van der Waals surface area contributed by atoms with Crippen LogP contribution in [0.3, 0.4) is 0 Å². The number of hydrogen-bond acceptors (Lipinski definition) is 3. The van der Waals surface area contributed by atoms with Gasteiger partial charge in [0, 0.05) is 25.7 Å². The molecule has 5 nitrogen and oxygen atoms in total. The molecule has 0 fully saturated rings. The molecule has 1 N–H and O–H groups in total. The van der Waals surface area contributed by atoms with Gasteiger partial charge in [0.05, 0.1) is 11.9 Å². The third-order valence-corrected chi connectivity index (χ3v) is 3.11. The smallest absolute Gasteiger partial charge is 0.339 e. The van der Waals surface area contributed by atoms with E-state index in [0.29, 0.717) is 24.3 Å². The molecule has 0 spiro atoms. The van der Waals surface area contributed by atoms with Gasteiger partial charge in [-0.05, 0) is 13.1 Å². The lowest BCUT2D eigenvalue weighted by Crippen LogP contribution is -2.21. The maximum absolute atomic E-state index is 13.6. The van der Waals surface area contributed by atoms with Crippen molar-refractivity contribution in [3.63, 3.8) is 0 Å². The van der Waals surface area contributed by atoms with Crippen molar-refractivity contribution in [2.45, 2.75) is 13.1 Å². The van der Waals surface area contributed by atoms with Crippen LogP contribution < -0.4 is 0 Å². The highest BCUT2D eigenvalue weighted by molar-refractivity contribution is 5.88. The number of halogens is 1. The zero-order valence-electron chi connectivity index (χ0n) is 11.4. The minimum absolute atomic E-state index is 0.174. The molecule has 6 heteroatoms. The van der Waals surface area contributed by atoms with Crippen LogP contribution in [0.5, 0.6) is 0 Å². The molecule has 0 bridgehead atoms. The Morgan fingerprint density at radius 3 is 2.75 bits per heavy atom. The molecule has 0 radical (unpaired) electrons. The molecule has 0 unspecified atom stereocenters. The molecule has 0 atom stereocenters. The van der Waals surface area contributed by atoms with Gasteiger partial charge in [0.25, 0.3) is 0 Å². The zero-order chi connectivity index (χ0) is 14.7. The highest BCUT2D eigenvalue weighted by Gasteiger charge is 2.17. The average Bonchev–Trinajstić information content (AvgIpc) is 2.74. The van der Waals surface area contributed by atoms with Gasteiger partial charge in [0.1, 0.15) is 11.4 Å². The normalized spacial score (nSPS) is 11.0. The summed E-state index contributed by atoms with van der Waals surface area (Å²) in [5.74, 6) is -1.27. The fourth-order valence-corrected chi connectivity index (χ4v) is 2.06. The lowest BCUT2D eigenvalue weighted by atomic mass is 10.2. The van der Waals surface area contributed by atoms with Crippen molar-refractivity contribution in [1.82, 2.24) is 14.7 Å². The third kappa shape index (κ3) is 3.03. The number of aromatic carboxylic acids is 1. The zero-order valence-corrected chi connectivity index (χ0v) is 11.4. The Balaban J connectivity index is 2.13. The number of carboxylic acid groups (broad SMARTS) is 1. The summed E-state index contributed by atoms with van der Waals surface area (Å²) in [5, 5.41) is 13.0. The van der Waals surface area contributed by atoms with Gasteiger partial charge >= 0.3 is 5.97 Å². The third-order valence-electron chi connectivity index (χ3n) is 3.11. The molecule has 1 aromatic carbocycles. The number of benzene rings is 1. The van der Waals surface area contributed by atoms with Gasteiger partial charge in [-0.2, -0.15) is 5.10 Å². The van der Waals surface area contributed by atoms with E-state index in [9.17, 15) is 9.18 Å². The number of hydrogen-bond donors (Lipinski definition) is 1. The van der Waals surface area contributed by atoms with Crippen LogP contribution in [0.2, 0.25) is 0 Å². The molecule has 2 aromatic rings. The van der Waals surface area contributed by atoms with Crippen LogP contribution in [-0.4, -0.2) is 32.8 Å². The van der Waals surface area contributed by atoms with Crippen molar-refractivity contribution in [1.29, 1.82) is 0 Å². The second-order valence-corrected chi connectivity index (χ2v) is 4.70. The Morgan fingerprint density at radius 1 is 1.40 bits per heavy atom. The first kappa shape index (κ1) is 14.2. The maximum Gasteiger partial charge on any atom is 0.339 e. The quantitative estimate of drug-likeness (QED) is 0.906. The van der Waals surface area contributed by atoms with Crippen LogP contribution >= 0.6 is 0 Å². The molecular weight excluding hydrogens is 261 g/mol. The van der Waals surface area contributed by atoms with Crippen molar-refractivity contribution in [2.75, 3.05) is 7.05 Å². The molecule has 0 saturated carbocycles. The number of carboxylic acids is 1. The van der Waals surface area contributed by atoms with Gasteiger partial charge in [-0.1, -0.05) is 18.2 Å². The molecule has 2 rings (SSSR count). The van der Waals surface area contributed by atoms with Gasteiger partial charge in [-0.3, -0.25) is 9.58 Å². The minimum Gasteiger partial charge on any atom is -0.478 e. The first-order chi connectivity index (χ1) is 9.49. The van der Waals surface area contributed by atoms with Gasteiger partial charge in [-0.15, -0.1) is 0 Å². The summed E-state index contributed by atoms with van der Waals surface area (Å²) >= 11 is 0. The summed E-state index contributed by atoms with van der Waals surface area (Å²) in [6.45, 7) is 0.781. The largest absolute Gasteiger partial charge is 0.478 e. The number of aromatic nitrogens is 2. The standard InChI is InChI=1S/C14H16FN3O2/c1-17(8-10-5-3-4-6-12(10)15)9-13-11(14(19)20)7-16-18(13)2/h3-7H,8-9H2,1-2H3,(H,19,20). The lowest BCUT2D eigenvalue weighted by Gasteiger charge is -2.17. The van der Waals surface area contributed by atoms with E-state index >= 15 is 0 Å². The Kier molecular flexibility index (Phi) is 4.14. The Hall–Kier alpha value is -2.21. The first-order valence-electron chi connectivity index (χ1n) is 6.15. The van der Waals surface area contributed by atoms with E-state index in [2.05, 4.69) is 5.10 Å². The van der Waals surface area contributed by atoms with Crippen molar-refractivity contribution < 1.29 is 14.3 Å². The van der Waals surface area contributed by atoms with Crippen LogP contribution in [-0.2, 0) is 20.1 Å². The van der Waals surface area contributed by atoms with E-state index < -0.39 is 5.97 Å². The minimum atomic E-state index is -1.01. The number of nitrogens with zero attached hydrogens (tertiary/aromatic N) is 3. The van der Waals surface area contributed by atoms with Crippen LogP contribution in [0.15, 0.2) is 30.5 Å². The molecule has 0 aliphatic heterocycles. The van der Waals surface area contributed by atoms with Crippen molar-refractivity contribution in [3.05, 3.63) is 53.1 Å². The molecule has 20 heavy (non-hydrogen) atoms. The van der Waals surface area contributed by atoms with E-state index in [4.69, 9.17) is 5.11 Å². The van der Waals surface area contributed by atoms with Crippen LogP contribution in [0.25, 0.3) is 0 Å². The molecular formula is C14H16FN3O2. The van der Waals surface area contributed by atoms with Crippen LogP contribution in [0.4, 0.5) is 4.39 Å². The van der Waals surface area contributed by atoms with Crippen molar-refractivity contribution >= 4 is 5.97 Å². The molecule has 0 amide bonds. The molecule has 106 valence electrons. The van der Waals surface area contributed by atoms with E-state index in [1.165, 1.54) is 16.9 Å². The summed E-state index contributed by atoms with van der Waals surface area (Å²) in [7, 11) is 3.50. The number of rotatable bonds is 5. The summed E-state index contributed by atoms with van der Waals surface area (Å²) in [6.07, 6.45) is 1.33. The highest BCUT2D eigenvalue weighted by atomic mass is 19.1. The Bertz CT molecular complexity index is 625. The number of carbonyl (C=O) groups is 1. The number of aryl methyl sites for hydroxylation is 1. The Morgan fingerprint density at radius 2 is 2.10 bits per heavy atom. The fraction of sp³-hybridized carbons (Fsp3) is 0.286. The second kappa shape index (κ2) is 5.83. The Labute approximate surface area is 116 Å².